The summed E-state index contributed by atoms with van der Waals surface area (Å²) < 4.78 is 5.76. The Morgan fingerprint density at radius 1 is 1.30 bits per heavy atom. The second-order valence-electron chi connectivity index (χ2n) is 4.55. The number of ketones is 1. The number of ether oxygens (including phenoxy) is 1. The number of nitro groups is 1. The maximum Gasteiger partial charge on any atom is 0.315 e. The normalized spacial score (nSPS) is 10.7. The largest absolute Gasteiger partial charge is 0.500 e. The van der Waals surface area contributed by atoms with Gasteiger partial charge in [0.05, 0.1) is 12.0 Å². The molecule has 0 spiro atoms. The van der Waals surface area contributed by atoms with Gasteiger partial charge in [-0.1, -0.05) is 22.0 Å². The zero-order chi connectivity index (χ0) is 17.0. The van der Waals surface area contributed by atoms with Crippen LogP contribution in [0.4, 0.5) is 5.69 Å². The maximum atomic E-state index is 12.1. The minimum absolute atomic E-state index is 0.0325. The number of nitro benzene ring substituents is 1. The highest BCUT2D eigenvalue weighted by molar-refractivity contribution is 9.10. The summed E-state index contributed by atoms with van der Waals surface area (Å²) in [6.07, 6.45) is 2.73. The summed E-state index contributed by atoms with van der Waals surface area (Å²) in [5, 5.41) is 20.6. The van der Waals surface area contributed by atoms with E-state index in [1.165, 1.54) is 31.4 Å². The second-order valence-corrected chi connectivity index (χ2v) is 5.47. The summed E-state index contributed by atoms with van der Waals surface area (Å²) in [5.74, 6) is -0.823. The molecule has 2 aromatic carbocycles. The van der Waals surface area contributed by atoms with Crippen molar-refractivity contribution in [3.05, 3.63) is 68.2 Å². The summed E-state index contributed by atoms with van der Waals surface area (Å²) in [4.78, 5) is 22.3. The number of rotatable bonds is 5. The van der Waals surface area contributed by atoms with Crippen LogP contribution in [0.3, 0.4) is 0 Å². The van der Waals surface area contributed by atoms with Gasteiger partial charge in [-0.15, -0.1) is 0 Å². The Hall–Kier alpha value is -2.67. The lowest BCUT2D eigenvalue weighted by atomic mass is 10.1. The lowest BCUT2D eigenvalue weighted by molar-refractivity contribution is -0.386. The molecule has 23 heavy (non-hydrogen) atoms. The molecule has 7 heteroatoms. The van der Waals surface area contributed by atoms with Crippen molar-refractivity contribution in [3.8, 4) is 11.5 Å². The first-order valence-corrected chi connectivity index (χ1v) is 7.25. The van der Waals surface area contributed by atoms with Gasteiger partial charge in [-0.25, -0.2) is 0 Å². The van der Waals surface area contributed by atoms with E-state index in [2.05, 4.69) is 15.9 Å². The van der Waals surface area contributed by atoms with E-state index >= 15 is 0 Å². The smallest absolute Gasteiger partial charge is 0.315 e. The fourth-order valence-corrected chi connectivity index (χ4v) is 2.15. The predicted molar refractivity (Wildman–Crippen MR) is 88.8 cm³/mol. The van der Waals surface area contributed by atoms with Crippen LogP contribution >= 0.6 is 15.9 Å². The maximum absolute atomic E-state index is 12.1. The molecular formula is C16H12BrNO5. The van der Waals surface area contributed by atoms with Crippen molar-refractivity contribution in [3.63, 3.8) is 0 Å². The van der Waals surface area contributed by atoms with E-state index in [4.69, 9.17) is 4.74 Å². The first kappa shape index (κ1) is 16.7. The van der Waals surface area contributed by atoms with Gasteiger partial charge < -0.3 is 9.84 Å². The van der Waals surface area contributed by atoms with Crippen molar-refractivity contribution in [1.29, 1.82) is 0 Å². The van der Waals surface area contributed by atoms with Crippen LogP contribution in [0.2, 0.25) is 0 Å². The van der Waals surface area contributed by atoms with E-state index < -0.39 is 16.4 Å². The van der Waals surface area contributed by atoms with Gasteiger partial charge in [-0.2, -0.15) is 0 Å². The number of allylic oxidation sites excluding steroid dienone is 1. The van der Waals surface area contributed by atoms with Crippen molar-refractivity contribution in [2.24, 2.45) is 0 Å². The molecule has 0 bridgehead atoms. The molecule has 0 saturated carbocycles. The highest BCUT2D eigenvalue weighted by Gasteiger charge is 2.19. The Bertz CT molecular complexity index is 784. The number of hydrogen-bond donors (Lipinski definition) is 1. The summed E-state index contributed by atoms with van der Waals surface area (Å²) >= 11 is 3.28. The Morgan fingerprint density at radius 3 is 2.52 bits per heavy atom. The Balaban J connectivity index is 2.32. The van der Waals surface area contributed by atoms with Crippen molar-refractivity contribution in [2.45, 2.75) is 0 Å². The Morgan fingerprint density at radius 2 is 1.96 bits per heavy atom. The molecule has 0 aliphatic heterocycles. The first-order valence-electron chi connectivity index (χ1n) is 6.45. The average Bonchev–Trinajstić information content (AvgIpc) is 2.53. The number of nitrogens with zero attached hydrogens (tertiary/aromatic N) is 1. The minimum atomic E-state index is -0.717. The molecule has 1 N–H and O–H groups in total. The molecule has 0 aromatic heterocycles. The number of phenols is 1. The summed E-state index contributed by atoms with van der Waals surface area (Å²) in [5.41, 5.74) is 0.376. The third-order valence-corrected chi connectivity index (χ3v) is 3.58. The SMILES string of the molecule is COc1cc(/C=C/C(=O)c2ccc(Br)cc2)cc([N+](=O)[O-])c1O. The predicted octanol–water partition coefficient (Wildman–Crippen LogP) is 3.97. The van der Waals surface area contributed by atoms with E-state index in [0.29, 0.717) is 11.1 Å². The molecule has 0 fully saturated rings. The number of halogens is 1. The van der Waals surface area contributed by atoms with E-state index in [-0.39, 0.29) is 11.5 Å². The van der Waals surface area contributed by atoms with Crippen LogP contribution in [-0.2, 0) is 0 Å². The fourth-order valence-electron chi connectivity index (χ4n) is 1.89. The highest BCUT2D eigenvalue weighted by Crippen LogP contribution is 2.37. The van der Waals surface area contributed by atoms with Gasteiger partial charge >= 0.3 is 5.69 Å². The number of aromatic hydroxyl groups is 1. The van der Waals surface area contributed by atoms with Crippen LogP contribution in [0.5, 0.6) is 11.5 Å². The van der Waals surface area contributed by atoms with Crippen molar-refractivity contribution in [1.82, 2.24) is 0 Å². The van der Waals surface area contributed by atoms with Crippen LogP contribution in [0.15, 0.2) is 46.9 Å². The monoisotopic (exact) mass is 377 g/mol. The molecule has 0 heterocycles. The number of methoxy groups -OCH3 is 1. The number of phenolic OH excluding ortho intramolecular Hbond substituents is 1. The second kappa shape index (κ2) is 7.06. The van der Waals surface area contributed by atoms with Crippen LogP contribution in [0.25, 0.3) is 6.08 Å². The van der Waals surface area contributed by atoms with Crippen LogP contribution in [0, 0.1) is 10.1 Å². The van der Waals surface area contributed by atoms with Gasteiger partial charge in [0, 0.05) is 16.1 Å². The van der Waals surface area contributed by atoms with Gasteiger partial charge in [0.2, 0.25) is 5.75 Å². The third-order valence-electron chi connectivity index (χ3n) is 3.05. The number of carbonyl (C=O) groups is 1. The fraction of sp³-hybridized carbons (Fsp3) is 0.0625. The number of carbonyl (C=O) groups excluding carboxylic acids is 1. The summed E-state index contributed by atoms with van der Waals surface area (Å²) in [6.45, 7) is 0. The van der Waals surface area contributed by atoms with E-state index in [1.54, 1.807) is 24.3 Å². The molecule has 0 aliphatic rings. The molecule has 2 aromatic rings. The number of benzene rings is 2. The molecule has 0 aliphatic carbocycles. The van der Waals surface area contributed by atoms with E-state index in [9.17, 15) is 20.0 Å². The minimum Gasteiger partial charge on any atom is -0.500 e. The zero-order valence-corrected chi connectivity index (χ0v) is 13.6. The Kier molecular flexibility index (Phi) is 5.13. The summed E-state index contributed by atoms with van der Waals surface area (Å²) in [7, 11) is 1.29. The van der Waals surface area contributed by atoms with Gasteiger partial charge in [-0.05, 0) is 42.0 Å². The van der Waals surface area contributed by atoms with Gasteiger partial charge in [-0.3, -0.25) is 14.9 Å². The van der Waals surface area contributed by atoms with E-state index in [1.807, 2.05) is 0 Å². The first-order chi connectivity index (χ1) is 10.9. The van der Waals surface area contributed by atoms with Gasteiger partial charge in [0.25, 0.3) is 0 Å². The average molecular weight is 378 g/mol. The summed E-state index contributed by atoms with van der Waals surface area (Å²) in [6, 6.07) is 9.40. The molecule has 118 valence electrons. The van der Waals surface area contributed by atoms with Crippen molar-refractivity contribution >= 4 is 33.5 Å². The van der Waals surface area contributed by atoms with Crippen LogP contribution in [0.1, 0.15) is 15.9 Å². The van der Waals surface area contributed by atoms with Gasteiger partial charge in [0.1, 0.15) is 0 Å². The lowest BCUT2D eigenvalue weighted by Gasteiger charge is -2.05. The Labute approximate surface area is 140 Å². The molecule has 0 radical (unpaired) electrons. The topological polar surface area (TPSA) is 89.7 Å². The molecule has 0 amide bonds. The molecular weight excluding hydrogens is 366 g/mol. The lowest BCUT2D eigenvalue weighted by Crippen LogP contribution is -1.95. The van der Waals surface area contributed by atoms with Crippen molar-refractivity contribution < 1.29 is 19.6 Å². The standard InChI is InChI=1S/C16H12BrNO5/c1-23-15-9-10(8-13(16(15)20)18(21)22)2-7-14(19)11-3-5-12(17)6-4-11/h2-9,20H,1H3/b7-2+. The van der Waals surface area contributed by atoms with Gasteiger partial charge in [0.15, 0.2) is 11.5 Å². The highest BCUT2D eigenvalue weighted by atomic mass is 79.9. The molecule has 6 nitrogen and oxygen atoms in total. The third kappa shape index (κ3) is 3.95. The number of hydrogen-bond acceptors (Lipinski definition) is 5. The van der Waals surface area contributed by atoms with Crippen LogP contribution < -0.4 is 4.74 Å². The molecule has 0 saturated heterocycles. The zero-order valence-electron chi connectivity index (χ0n) is 12.0. The quantitative estimate of drug-likeness (QED) is 0.368. The van der Waals surface area contributed by atoms with E-state index in [0.717, 1.165) is 4.47 Å². The molecule has 0 unspecified atom stereocenters. The molecule has 2 rings (SSSR count). The molecule has 0 atom stereocenters. The van der Waals surface area contributed by atoms with Crippen molar-refractivity contribution in [2.75, 3.05) is 7.11 Å². The van der Waals surface area contributed by atoms with Crippen LogP contribution in [-0.4, -0.2) is 22.9 Å².